The van der Waals surface area contributed by atoms with Gasteiger partial charge in [-0.1, -0.05) is 0 Å². The van der Waals surface area contributed by atoms with E-state index in [0.29, 0.717) is 12.2 Å². The molecule has 2 saturated heterocycles. The summed E-state index contributed by atoms with van der Waals surface area (Å²) in [6.45, 7) is 11.6. The van der Waals surface area contributed by atoms with Crippen LogP contribution < -0.4 is 10.2 Å². The molecule has 0 spiro atoms. The molecule has 4 nitrogen and oxygen atoms in total. The number of nitrogens with one attached hydrogen (secondary N) is 1. The van der Waals surface area contributed by atoms with Gasteiger partial charge in [-0.3, -0.25) is 0 Å². The second kappa shape index (κ2) is 5.58. The molecule has 2 aliphatic rings. The second-order valence-corrected chi connectivity index (χ2v) is 7.45. The van der Waals surface area contributed by atoms with Crippen molar-refractivity contribution in [1.82, 2.24) is 10.3 Å². The van der Waals surface area contributed by atoms with Gasteiger partial charge in [0.1, 0.15) is 5.82 Å². The molecule has 116 valence electrons. The maximum atomic E-state index is 5.91. The molecule has 3 rings (SSSR count). The molecule has 3 heterocycles. The van der Waals surface area contributed by atoms with Crippen molar-refractivity contribution in [2.24, 2.45) is 0 Å². The van der Waals surface area contributed by atoms with Gasteiger partial charge in [-0.05, 0) is 57.7 Å². The minimum atomic E-state index is 0.135. The third-order valence-corrected chi connectivity index (χ3v) is 4.27. The predicted octanol–water partition coefficient (Wildman–Crippen LogP) is 2.65. The van der Waals surface area contributed by atoms with Gasteiger partial charge < -0.3 is 15.0 Å². The van der Waals surface area contributed by atoms with E-state index in [0.717, 1.165) is 25.5 Å². The zero-order valence-corrected chi connectivity index (χ0v) is 13.6. The van der Waals surface area contributed by atoms with Crippen LogP contribution in [0.2, 0.25) is 0 Å². The summed E-state index contributed by atoms with van der Waals surface area (Å²) in [5, 5.41) is 3.51. The Morgan fingerprint density at radius 1 is 1.29 bits per heavy atom. The van der Waals surface area contributed by atoms with Crippen LogP contribution >= 0.6 is 0 Å². The summed E-state index contributed by atoms with van der Waals surface area (Å²) in [4.78, 5) is 7.13. The number of aryl methyl sites for hydroxylation is 1. The summed E-state index contributed by atoms with van der Waals surface area (Å²) in [7, 11) is 0. The molecule has 2 fully saturated rings. The predicted molar refractivity (Wildman–Crippen MR) is 85.7 cm³/mol. The van der Waals surface area contributed by atoms with Crippen LogP contribution in [0.3, 0.4) is 0 Å². The number of nitrogens with zero attached hydrogens (tertiary/aromatic N) is 2. The van der Waals surface area contributed by atoms with Crippen molar-refractivity contribution in [2.45, 2.75) is 64.8 Å². The van der Waals surface area contributed by atoms with Gasteiger partial charge in [0, 0.05) is 31.4 Å². The molecule has 21 heavy (non-hydrogen) atoms. The minimum absolute atomic E-state index is 0.135. The summed E-state index contributed by atoms with van der Waals surface area (Å²) in [5.41, 5.74) is 2.66. The fourth-order valence-electron chi connectivity index (χ4n) is 3.21. The highest BCUT2D eigenvalue weighted by Gasteiger charge is 2.34. The van der Waals surface area contributed by atoms with Gasteiger partial charge in [-0.2, -0.15) is 0 Å². The van der Waals surface area contributed by atoms with E-state index in [1.54, 1.807) is 0 Å². The summed E-state index contributed by atoms with van der Waals surface area (Å²) >= 11 is 0. The number of aromatic nitrogens is 1. The summed E-state index contributed by atoms with van der Waals surface area (Å²) < 4.78 is 5.91. The van der Waals surface area contributed by atoms with Crippen LogP contribution in [0.25, 0.3) is 0 Å². The lowest BCUT2D eigenvalue weighted by atomic mass is 10.1. The Balaban J connectivity index is 1.69. The molecule has 0 aliphatic carbocycles. The first kappa shape index (κ1) is 14.8. The van der Waals surface area contributed by atoms with Crippen LogP contribution in [0.5, 0.6) is 0 Å². The van der Waals surface area contributed by atoms with E-state index in [-0.39, 0.29) is 5.54 Å². The van der Waals surface area contributed by atoms with Crippen molar-refractivity contribution in [3.63, 3.8) is 0 Å². The number of anilines is 1. The Bertz CT molecular complexity index is 497. The smallest absolute Gasteiger partial charge is 0.131 e. The Hall–Kier alpha value is -1.13. The van der Waals surface area contributed by atoms with Crippen molar-refractivity contribution in [1.29, 1.82) is 0 Å². The summed E-state index contributed by atoms with van der Waals surface area (Å²) in [5.74, 6) is 1.13. The third-order valence-electron chi connectivity index (χ3n) is 4.27. The number of hydrogen-bond acceptors (Lipinski definition) is 4. The van der Waals surface area contributed by atoms with Gasteiger partial charge in [0.05, 0.1) is 12.2 Å². The standard InChI is InChI=1S/C17H27N3O/c1-12-7-13(9-19-17(2,3)4)8-18-16(12)20-10-14-5-6-15(11-20)21-14/h7-8,14-15,19H,5-6,9-11H2,1-4H3. The molecule has 0 amide bonds. The lowest BCUT2D eigenvalue weighted by Gasteiger charge is -2.34. The fourth-order valence-corrected chi connectivity index (χ4v) is 3.21. The lowest BCUT2D eigenvalue weighted by molar-refractivity contribution is 0.0302. The van der Waals surface area contributed by atoms with Crippen LogP contribution in [-0.4, -0.2) is 35.8 Å². The highest BCUT2D eigenvalue weighted by Crippen LogP contribution is 2.30. The molecular formula is C17H27N3O. The molecular weight excluding hydrogens is 262 g/mol. The molecule has 0 saturated carbocycles. The van der Waals surface area contributed by atoms with E-state index < -0.39 is 0 Å². The molecule has 4 heteroatoms. The molecule has 1 aromatic heterocycles. The van der Waals surface area contributed by atoms with E-state index in [4.69, 9.17) is 9.72 Å². The Morgan fingerprint density at radius 3 is 2.52 bits per heavy atom. The third kappa shape index (κ3) is 3.55. The van der Waals surface area contributed by atoms with Crippen molar-refractivity contribution >= 4 is 5.82 Å². The highest BCUT2D eigenvalue weighted by molar-refractivity contribution is 5.48. The van der Waals surface area contributed by atoms with Crippen molar-refractivity contribution in [3.05, 3.63) is 23.4 Å². The van der Waals surface area contributed by atoms with Crippen molar-refractivity contribution in [2.75, 3.05) is 18.0 Å². The van der Waals surface area contributed by atoms with Gasteiger partial charge in [0.25, 0.3) is 0 Å². The number of rotatable bonds is 3. The first-order valence-corrected chi connectivity index (χ1v) is 8.02. The van der Waals surface area contributed by atoms with Crippen molar-refractivity contribution in [3.8, 4) is 0 Å². The van der Waals surface area contributed by atoms with Gasteiger partial charge in [-0.25, -0.2) is 4.98 Å². The molecule has 2 atom stereocenters. The number of fused-ring (bicyclic) bond motifs is 2. The van der Waals surface area contributed by atoms with Gasteiger partial charge in [0.15, 0.2) is 0 Å². The van der Waals surface area contributed by atoms with Gasteiger partial charge in [0.2, 0.25) is 0 Å². The number of morpholine rings is 1. The quantitative estimate of drug-likeness (QED) is 0.928. The summed E-state index contributed by atoms with van der Waals surface area (Å²) in [6, 6.07) is 2.26. The summed E-state index contributed by atoms with van der Waals surface area (Å²) in [6.07, 6.45) is 5.24. The van der Waals surface area contributed by atoms with Crippen LogP contribution in [0.15, 0.2) is 12.3 Å². The van der Waals surface area contributed by atoms with Gasteiger partial charge in [-0.15, -0.1) is 0 Å². The van der Waals surface area contributed by atoms with E-state index in [2.05, 4.69) is 44.0 Å². The maximum absolute atomic E-state index is 5.91. The SMILES string of the molecule is Cc1cc(CNC(C)(C)C)cnc1N1CC2CCC(C1)O2. The van der Waals surface area contributed by atoms with E-state index >= 15 is 0 Å². The first-order chi connectivity index (χ1) is 9.90. The molecule has 2 bridgehead atoms. The Kier molecular flexibility index (Phi) is 3.93. The number of ether oxygens (including phenoxy) is 1. The average molecular weight is 289 g/mol. The molecule has 0 radical (unpaired) electrons. The molecule has 1 N–H and O–H groups in total. The maximum Gasteiger partial charge on any atom is 0.131 e. The topological polar surface area (TPSA) is 37.4 Å². The molecule has 1 aromatic rings. The fraction of sp³-hybridized carbons (Fsp3) is 0.706. The van der Waals surface area contributed by atoms with Crippen LogP contribution in [0, 0.1) is 6.92 Å². The molecule has 0 aromatic carbocycles. The van der Waals surface area contributed by atoms with E-state index in [9.17, 15) is 0 Å². The molecule has 2 aliphatic heterocycles. The monoisotopic (exact) mass is 289 g/mol. The van der Waals surface area contributed by atoms with Crippen LogP contribution in [0.1, 0.15) is 44.7 Å². The number of pyridine rings is 1. The zero-order valence-electron chi connectivity index (χ0n) is 13.6. The normalized spacial score (nSPS) is 25.4. The van der Waals surface area contributed by atoms with Gasteiger partial charge >= 0.3 is 0 Å². The minimum Gasteiger partial charge on any atom is -0.371 e. The lowest BCUT2D eigenvalue weighted by Crippen LogP contribution is -2.43. The first-order valence-electron chi connectivity index (χ1n) is 8.02. The van der Waals surface area contributed by atoms with Crippen LogP contribution in [-0.2, 0) is 11.3 Å². The largest absolute Gasteiger partial charge is 0.371 e. The van der Waals surface area contributed by atoms with Crippen LogP contribution in [0.4, 0.5) is 5.82 Å². The second-order valence-electron chi connectivity index (χ2n) is 7.45. The Labute approximate surface area is 127 Å². The zero-order chi connectivity index (χ0) is 15.0. The Morgan fingerprint density at radius 2 is 1.95 bits per heavy atom. The van der Waals surface area contributed by atoms with E-state index in [1.165, 1.54) is 24.0 Å². The van der Waals surface area contributed by atoms with E-state index in [1.807, 2.05) is 6.20 Å². The number of hydrogen-bond donors (Lipinski definition) is 1. The molecule has 2 unspecified atom stereocenters. The highest BCUT2D eigenvalue weighted by atomic mass is 16.5. The average Bonchev–Trinajstić information content (AvgIpc) is 2.74. The van der Waals surface area contributed by atoms with Crippen molar-refractivity contribution < 1.29 is 4.74 Å².